The molecule has 1 amide bonds. The molecule has 5 nitrogen and oxygen atoms in total. The Morgan fingerprint density at radius 2 is 1.67 bits per heavy atom. The van der Waals surface area contributed by atoms with Crippen LogP contribution in [0.1, 0.15) is 35.0 Å². The molecule has 0 spiro atoms. The zero-order valence-electron chi connectivity index (χ0n) is 14.4. The van der Waals surface area contributed by atoms with Crippen molar-refractivity contribution in [3.05, 3.63) is 71.6 Å². The standard InChI is InChI=1S/C20H17F2N3O2/c21-15-7-4-8-16(22)17(15)20(26)25-11-9-14(10-12-25)19-23-18(24-27-19)13-5-2-1-3-6-13/h1-8,14H,9-12H2. The lowest BCUT2D eigenvalue weighted by molar-refractivity contribution is 0.0694. The molecule has 1 saturated heterocycles. The summed E-state index contributed by atoms with van der Waals surface area (Å²) in [6.07, 6.45) is 1.19. The van der Waals surface area contributed by atoms with Gasteiger partial charge in [-0.1, -0.05) is 41.6 Å². The Hall–Kier alpha value is -3.09. The Bertz CT molecular complexity index is 931. The van der Waals surface area contributed by atoms with Gasteiger partial charge in [0.25, 0.3) is 5.91 Å². The Kier molecular flexibility index (Phi) is 4.66. The van der Waals surface area contributed by atoms with Crippen LogP contribution < -0.4 is 0 Å². The number of piperidine rings is 1. The molecule has 1 fully saturated rings. The number of aromatic nitrogens is 2. The number of hydrogen-bond acceptors (Lipinski definition) is 4. The summed E-state index contributed by atoms with van der Waals surface area (Å²) in [4.78, 5) is 18.4. The molecule has 27 heavy (non-hydrogen) atoms. The Morgan fingerprint density at radius 1 is 1.00 bits per heavy atom. The fraction of sp³-hybridized carbons (Fsp3) is 0.250. The minimum absolute atomic E-state index is 0.0180. The molecule has 4 rings (SSSR count). The summed E-state index contributed by atoms with van der Waals surface area (Å²) >= 11 is 0. The van der Waals surface area contributed by atoms with Gasteiger partial charge in [0.1, 0.15) is 17.2 Å². The van der Waals surface area contributed by atoms with Gasteiger partial charge < -0.3 is 9.42 Å². The first-order valence-corrected chi connectivity index (χ1v) is 8.76. The van der Waals surface area contributed by atoms with Gasteiger partial charge in [-0.25, -0.2) is 8.78 Å². The molecule has 1 aliphatic rings. The van der Waals surface area contributed by atoms with Gasteiger partial charge in [-0.15, -0.1) is 0 Å². The first-order valence-electron chi connectivity index (χ1n) is 8.76. The van der Waals surface area contributed by atoms with Gasteiger partial charge in [0.2, 0.25) is 11.7 Å². The SMILES string of the molecule is O=C(c1c(F)cccc1F)N1CCC(c2nc(-c3ccccc3)no2)CC1. The Morgan fingerprint density at radius 3 is 2.33 bits per heavy atom. The van der Waals surface area contributed by atoms with Crippen LogP contribution in [-0.4, -0.2) is 34.0 Å². The van der Waals surface area contributed by atoms with Crippen molar-refractivity contribution in [3.8, 4) is 11.4 Å². The predicted octanol–water partition coefficient (Wildman–Crippen LogP) is 4.03. The highest BCUT2D eigenvalue weighted by Gasteiger charge is 2.30. The molecular weight excluding hydrogens is 352 g/mol. The molecule has 3 aromatic rings. The lowest BCUT2D eigenvalue weighted by Crippen LogP contribution is -2.38. The summed E-state index contributed by atoms with van der Waals surface area (Å²) in [7, 11) is 0. The second-order valence-corrected chi connectivity index (χ2v) is 6.49. The van der Waals surface area contributed by atoms with Crippen molar-refractivity contribution in [2.24, 2.45) is 0 Å². The minimum atomic E-state index is -0.841. The summed E-state index contributed by atoms with van der Waals surface area (Å²) in [6.45, 7) is 0.751. The van der Waals surface area contributed by atoms with Crippen LogP contribution in [0.2, 0.25) is 0 Å². The molecule has 0 atom stereocenters. The van der Waals surface area contributed by atoms with Gasteiger partial charge in [-0.3, -0.25) is 4.79 Å². The van der Waals surface area contributed by atoms with Gasteiger partial charge in [0.05, 0.1) is 0 Å². The van der Waals surface area contributed by atoms with Crippen LogP contribution in [0.15, 0.2) is 53.1 Å². The van der Waals surface area contributed by atoms with Crippen LogP contribution in [0.3, 0.4) is 0 Å². The molecule has 138 valence electrons. The number of amides is 1. The molecule has 1 aliphatic heterocycles. The van der Waals surface area contributed by atoms with Crippen LogP contribution in [0.25, 0.3) is 11.4 Å². The first kappa shape index (κ1) is 17.3. The van der Waals surface area contributed by atoms with Crippen molar-refractivity contribution in [2.75, 3.05) is 13.1 Å². The van der Waals surface area contributed by atoms with E-state index in [1.807, 2.05) is 30.3 Å². The molecule has 1 aromatic heterocycles. The van der Waals surface area contributed by atoms with Crippen LogP contribution in [0, 0.1) is 11.6 Å². The fourth-order valence-electron chi connectivity index (χ4n) is 3.30. The largest absolute Gasteiger partial charge is 0.339 e. The summed E-state index contributed by atoms with van der Waals surface area (Å²) < 4.78 is 33.1. The lowest BCUT2D eigenvalue weighted by atomic mass is 9.96. The third-order valence-electron chi connectivity index (χ3n) is 4.78. The van der Waals surface area contributed by atoms with Crippen molar-refractivity contribution in [3.63, 3.8) is 0 Å². The van der Waals surface area contributed by atoms with E-state index in [0.29, 0.717) is 37.6 Å². The molecule has 2 aromatic carbocycles. The summed E-state index contributed by atoms with van der Waals surface area (Å²) in [6, 6.07) is 12.9. The molecule has 0 bridgehead atoms. The number of likely N-dealkylation sites (tertiary alicyclic amines) is 1. The van der Waals surface area contributed by atoms with E-state index < -0.39 is 23.1 Å². The topological polar surface area (TPSA) is 59.2 Å². The number of rotatable bonds is 3. The maximum atomic E-state index is 13.8. The summed E-state index contributed by atoms with van der Waals surface area (Å²) in [5, 5.41) is 4.02. The Labute approximate surface area is 154 Å². The first-order chi connectivity index (χ1) is 13.1. The van der Waals surface area contributed by atoms with E-state index in [1.165, 1.54) is 11.0 Å². The number of carbonyl (C=O) groups is 1. The van der Waals surface area contributed by atoms with E-state index in [9.17, 15) is 13.6 Å². The van der Waals surface area contributed by atoms with Gasteiger partial charge >= 0.3 is 0 Å². The average Bonchev–Trinajstić information content (AvgIpc) is 3.19. The molecule has 0 radical (unpaired) electrons. The van der Waals surface area contributed by atoms with Gasteiger partial charge in [0, 0.05) is 24.6 Å². The number of nitrogens with zero attached hydrogens (tertiary/aromatic N) is 3. The second kappa shape index (κ2) is 7.26. The monoisotopic (exact) mass is 369 g/mol. The molecule has 7 heteroatoms. The number of benzene rings is 2. The summed E-state index contributed by atoms with van der Waals surface area (Å²) in [5.74, 6) is -1.24. The predicted molar refractivity (Wildman–Crippen MR) is 94.0 cm³/mol. The highest BCUT2D eigenvalue weighted by Crippen LogP contribution is 2.29. The van der Waals surface area contributed by atoms with E-state index in [2.05, 4.69) is 10.1 Å². The van der Waals surface area contributed by atoms with E-state index >= 15 is 0 Å². The van der Waals surface area contributed by atoms with Gasteiger partial charge in [0.15, 0.2) is 0 Å². The van der Waals surface area contributed by atoms with E-state index in [-0.39, 0.29) is 5.92 Å². The smallest absolute Gasteiger partial charge is 0.259 e. The van der Waals surface area contributed by atoms with Crippen LogP contribution in [0.5, 0.6) is 0 Å². The van der Waals surface area contributed by atoms with Gasteiger partial charge in [-0.05, 0) is 25.0 Å². The molecular formula is C20H17F2N3O2. The lowest BCUT2D eigenvalue weighted by Gasteiger charge is -2.30. The van der Waals surface area contributed by atoms with E-state index in [0.717, 1.165) is 17.7 Å². The van der Waals surface area contributed by atoms with Gasteiger partial charge in [-0.2, -0.15) is 4.98 Å². The fourth-order valence-corrected chi connectivity index (χ4v) is 3.30. The highest BCUT2D eigenvalue weighted by molar-refractivity contribution is 5.94. The van der Waals surface area contributed by atoms with Crippen LogP contribution in [-0.2, 0) is 0 Å². The quantitative estimate of drug-likeness (QED) is 0.699. The molecule has 2 heterocycles. The van der Waals surface area contributed by atoms with Crippen molar-refractivity contribution < 1.29 is 18.1 Å². The van der Waals surface area contributed by atoms with Crippen molar-refractivity contribution in [2.45, 2.75) is 18.8 Å². The highest BCUT2D eigenvalue weighted by atomic mass is 19.1. The molecule has 0 saturated carbocycles. The minimum Gasteiger partial charge on any atom is -0.339 e. The van der Waals surface area contributed by atoms with Crippen LogP contribution in [0.4, 0.5) is 8.78 Å². The Balaban J connectivity index is 1.44. The van der Waals surface area contributed by atoms with Crippen molar-refractivity contribution in [1.29, 1.82) is 0 Å². The number of hydrogen-bond donors (Lipinski definition) is 0. The molecule has 0 N–H and O–H groups in total. The van der Waals surface area contributed by atoms with Crippen molar-refractivity contribution >= 4 is 5.91 Å². The zero-order valence-corrected chi connectivity index (χ0v) is 14.4. The van der Waals surface area contributed by atoms with E-state index in [1.54, 1.807) is 0 Å². The second-order valence-electron chi connectivity index (χ2n) is 6.49. The zero-order chi connectivity index (χ0) is 18.8. The maximum Gasteiger partial charge on any atom is 0.259 e. The number of carbonyl (C=O) groups excluding carboxylic acids is 1. The average molecular weight is 369 g/mol. The molecule has 0 aliphatic carbocycles. The molecule has 0 unspecified atom stereocenters. The van der Waals surface area contributed by atoms with E-state index in [4.69, 9.17) is 4.52 Å². The maximum absolute atomic E-state index is 13.8. The van der Waals surface area contributed by atoms with Crippen molar-refractivity contribution in [1.82, 2.24) is 15.0 Å². The third-order valence-corrected chi connectivity index (χ3v) is 4.78. The third kappa shape index (κ3) is 3.45. The number of halogens is 2. The summed E-state index contributed by atoms with van der Waals surface area (Å²) in [5.41, 5.74) is 0.371. The van der Waals surface area contributed by atoms with Crippen LogP contribution >= 0.6 is 0 Å². The normalized spacial score (nSPS) is 15.1.